The summed E-state index contributed by atoms with van der Waals surface area (Å²) in [5.41, 5.74) is 0. The number of aromatic nitrogens is 2. The molecule has 1 aromatic rings. The first-order valence-corrected chi connectivity index (χ1v) is 7.79. The van der Waals surface area contributed by atoms with Gasteiger partial charge in [0.2, 0.25) is 5.89 Å². The number of hydrogen-bond acceptors (Lipinski definition) is 5. The van der Waals surface area contributed by atoms with Gasteiger partial charge < -0.3 is 9.26 Å². The maximum Gasteiger partial charge on any atom is 0.226 e. The standard InChI is InChI=1S/C15H27N3O2/c1-4-7-19-11-13-5-6-18(9-13)10-14-16-15(20-17-14)8-12(2)3/h12-13H,4-11H2,1-3H3/t13-/m1/s1. The van der Waals surface area contributed by atoms with Crippen molar-refractivity contribution in [3.63, 3.8) is 0 Å². The lowest BCUT2D eigenvalue weighted by atomic mass is 10.1. The molecule has 1 atom stereocenters. The van der Waals surface area contributed by atoms with Gasteiger partial charge in [-0.1, -0.05) is 25.9 Å². The van der Waals surface area contributed by atoms with Gasteiger partial charge in [-0.05, 0) is 31.2 Å². The van der Waals surface area contributed by atoms with Gasteiger partial charge in [0.05, 0.1) is 13.2 Å². The molecule has 2 rings (SSSR count). The Morgan fingerprint density at radius 1 is 1.45 bits per heavy atom. The highest BCUT2D eigenvalue weighted by Gasteiger charge is 2.24. The van der Waals surface area contributed by atoms with Crippen LogP contribution in [0.4, 0.5) is 0 Å². The Balaban J connectivity index is 1.73. The van der Waals surface area contributed by atoms with Crippen LogP contribution in [0.2, 0.25) is 0 Å². The van der Waals surface area contributed by atoms with Gasteiger partial charge in [0.1, 0.15) is 0 Å². The van der Waals surface area contributed by atoms with Crippen LogP contribution in [-0.4, -0.2) is 41.3 Å². The summed E-state index contributed by atoms with van der Waals surface area (Å²) in [6.07, 6.45) is 3.17. The molecule has 1 saturated heterocycles. The highest BCUT2D eigenvalue weighted by Crippen LogP contribution is 2.18. The van der Waals surface area contributed by atoms with Gasteiger partial charge in [-0.15, -0.1) is 0 Å². The van der Waals surface area contributed by atoms with Gasteiger partial charge in [0, 0.05) is 19.6 Å². The molecular weight excluding hydrogens is 254 g/mol. The molecule has 0 N–H and O–H groups in total. The molecule has 0 aliphatic carbocycles. The molecule has 0 saturated carbocycles. The highest BCUT2D eigenvalue weighted by molar-refractivity contribution is 4.89. The molecule has 20 heavy (non-hydrogen) atoms. The van der Waals surface area contributed by atoms with E-state index in [1.165, 1.54) is 6.42 Å². The lowest BCUT2D eigenvalue weighted by Gasteiger charge is -2.13. The van der Waals surface area contributed by atoms with Crippen molar-refractivity contribution in [2.24, 2.45) is 11.8 Å². The molecule has 1 aromatic heterocycles. The number of hydrogen-bond donors (Lipinski definition) is 0. The molecule has 0 spiro atoms. The largest absolute Gasteiger partial charge is 0.381 e. The van der Waals surface area contributed by atoms with Crippen LogP contribution in [0.15, 0.2) is 4.52 Å². The minimum Gasteiger partial charge on any atom is -0.381 e. The van der Waals surface area contributed by atoms with E-state index in [-0.39, 0.29) is 0 Å². The summed E-state index contributed by atoms with van der Waals surface area (Å²) in [7, 11) is 0. The minimum atomic E-state index is 0.551. The molecule has 0 unspecified atom stereocenters. The maximum absolute atomic E-state index is 5.64. The second-order valence-electron chi connectivity index (χ2n) is 6.17. The number of likely N-dealkylation sites (tertiary alicyclic amines) is 1. The van der Waals surface area contributed by atoms with Crippen LogP contribution in [0, 0.1) is 11.8 Å². The fraction of sp³-hybridized carbons (Fsp3) is 0.867. The summed E-state index contributed by atoms with van der Waals surface area (Å²) in [5.74, 6) is 2.78. The van der Waals surface area contributed by atoms with Crippen molar-refractivity contribution in [2.45, 2.75) is 46.6 Å². The molecule has 1 aliphatic rings. The second kappa shape index (κ2) is 7.74. The predicted molar refractivity (Wildman–Crippen MR) is 77.3 cm³/mol. The Morgan fingerprint density at radius 3 is 3.05 bits per heavy atom. The van der Waals surface area contributed by atoms with E-state index >= 15 is 0 Å². The van der Waals surface area contributed by atoms with E-state index < -0.39 is 0 Å². The Kier molecular flexibility index (Phi) is 5.98. The molecule has 0 aromatic carbocycles. The zero-order chi connectivity index (χ0) is 14.4. The van der Waals surface area contributed by atoms with E-state index in [4.69, 9.17) is 9.26 Å². The van der Waals surface area contributed by atoms with Crippen molar-refractivity contribution in [1.29, 1.82) is 0 Å². The van der Waals surface area contributed by atoms with Gasteiger partial charge in [0.15, 0.2) is 5.82 Å². The lowest BCUT2D eigenvalue weighted by Crippen LogP contribution is -2.22. The molecular formula is C15H27N3O2. The fourth-order valence-electron chi connectivity index (χ4n) is 2.57. The Labute approximate surface area is 121 Å². The van der Waals surface area contributed by atoms with Crippen molar-refractivity contribution in [3.05, 3.63) is 11.7 Å². The fourth-order valence-corrected chi connectivity index (χ4v) is 2.57. The Bertz CT molecular complexity index is 392. The quantitative estimate of drug-likeness (QED) is 0.685. The first kappa shape index (κ1) is 15.4. The first-order chi connectivity index (χ1) is 9.67. The van der Waals surface area contributed by atoms with Crippen molar-refractivity contribution in [3.8, 4) is 0 Å². The van der Waals surface area contributed by atoms with E-state index in [1.807, 2.05) is 0 Å². The third-order valence-electron chi connectivity index (χ3n) is 3.53. The predicted octanol–water partition coefficient (Wildman–Crippen LogP) is 2.52. The first-order valence-electron chi connectivity index (χ1n) is 7.79. The molecule has 2 heterocycles. The van der Waals surface area contributed by atoms with E-state index in [0.717, 1.165) is 57.4 Å². The van der Waals surface area contributed by atoms with E-state index in [9.17, 15) is 0 Å². The summed E-state index contributed by atoms with van der Waals surface area (Å²) < 4.78 is 10.9. The van der Waals surface area contributed by atoms with Crippen LogP contribution >= 0.6 is 0 Å². The number of ether oxygens (including phenoxy) is 1. The Hall–Kier alpha value is -0.940. The Morgan fingerprint density at radius 2 is 2.30 bits per heavy atom. The van der Waals surface area contributed by atoms with Gasteiger partial charge in [0.25, 0.3) is 0 Å². The average molecular weight is 281 g/mol. The van der Waals surface area contributed by atoms with E-state index in [1.54, 1.807) is 0 Å². The van der Waals surface area contributed by atoms with E-state index in [2.05, 4.69) is 35.8 Å². The zero-order valence-electron chi connectivity index (χ0n) is 13.0. The smallest absolute Gasteiger partial charge is 0.226 e. The summed E-state index contributed by atoms with van der Waals surface area (Å²) in [6.45, 7) is 11.2. The summed E-state index contributed by atoms with van der Waals surface area (Å²) in [5, 5.41) is 4.07. The van der Waals surface area contributed by atoms with Gasteiger partial charge >= 0.3 is 0 Å². The van der Waals surface area contributed by atoms with E-state index in [0.29, 0.717) is 11.8 Å². The number of nitrogens with zero attached hydrogens (tertiary/aromatic N) is 3. The van der Waals surface area contributed by atoms with Crippen molar-refractivity contribution >= 4 is 0 Å². The lowest BCUT2D eigenvalue weighted by molar-refractivity contribution is 0.101. The maximum atomic E-state index is 5.64. The second-order valence-corrected chi connectivity index (χ2v) is 6.17. The van der Waals surface area contributed by atoms with Crippen molar-refractivity contribution in [2.75, 3.05) is 26.3 Å². The van der Waals surface area contributed by atoms with Crippen LogP contribution in [0.1, 0.15) is 45.3 Å². The van der Waals surface area contributed by atoms with Crippen molar-refractivity contribution in [1.82, 2.24) is 15.0 Å². The topological polar surface area (TPSA) is 51.4 Å². The minimum absolute atomic E-state index is 0.551. The third-order valence-corrected chi connectivity index (χ3v) is 3.53. The van der Waals surface area contributed by atoms with Crippen LogP contribution < -0.4 is 0 Å². The SMILES string of the molecule is CCCOC[C@@H]1CCN(Cc2noc(CC(C)C)n2)C1. The van der Waals surface area contributed by atoms with Crippen molar-refractivity contribution < 1.29 is 9.26 Å². The molecule has 0 bridgehead atoms. The van der Waals surface area contributed by atoms with Crippen LogP contribution in [-0.2, 0) is 17.7 Å². The van der Waals surface area contributed by atoms with Crippen LogP contribution in [0.3, 0.4) is 0 Å². The van der Waals surface area contributed by atoms with Gasteiger partial charge in [-0.25, -0.2) is 0 Å². The molecule has 5 heteroatoms. The summed E-state index contributed by atoms with van der Waals surface area (Å²) >= 11 is 0. The van der Waals surface area contributed by atoms with Crippen LogP contribution in [0.25, 0.3) is 0 Å². The zero-order valence-corrected chi connectivity index (χ0v) is 13.0. The molecule has 0 radical (unpaired) electrons. The number of rotatable bonds is 8. The third kappa shape index (κ3) is 4.87. The van der Waals surface area contributed by atoms with Gasteiger partial charge in [-0.3, -0.25) is 4.90 Å². The monoisotopic (exact) mass is 281 g/mol. The molecule has 1 aliphatic heterocycles. The molecule has 114 valence electrons. The average Bonchev–Trinajstić information content (AvgIpc) is 3.00. The highest BCUT2D eigenvalue weighted by atomic mass is 16.5. The summed E-state index contributed by atoms with van der Waals surface area (Å²) in [6, 6.07) is 0. The normalized spacial score (nSPS) is 20.1. The molecule has 0 amide bonds. The van der Waals surface area contributed by atoms with Crippen LogP contribution in [0.5, 0.6) is 0 Å². The molecule has 5 nitrogen and oxygen atoms in total. The molecule has 1 fully saturated rings. The summed E-state index contributed by atoms with van der Waals surface area (Å²) in [4.78, 5) is 6.86. The van der Waals surface area contributed by atoms with Gasteiger partial charge in [-0.2, -0.15) is 4.98 Å².